The van der Waals surface area contributed by atoms with Crippen LogP contribution in [0.25, 0.3) is 0 Å². The van der Waals surface area contributed by atoms with Crippen LogP contribution < -0.4 is 5.32 Å². The van der Waals surface area contributed by atoms with E-state index in [4.69, 9.17) is 23.2 Å². The highest BCUT2D eigenvalue weighted by molar-refractivity contribution is 6.35. The third kappa shape index (κ3) is 3.45. The van der Waals surface area contributed by atoms with Gasteiger partial charge in [-0.05, 0) is 49.1 Å². The van der Waals surface area contributed by atoms with Gasteiger partial charge in [-0.3, -0.25) is 0 Å². The third-order valence-electron chi connectivity index (χ3n) is 4.05. The van der Waals surface area contributed by atoms with Gasteiger partial charge < -0.3 is 9.88 Å². The molecular formula is C17H20Cl2N2. The average Bonchev–Trinajstić information content (AvgIpc) is 3.19. The average molecular weight is 323 g/mol. The van der Waals surface area contributed by atoms with Gasteiger partial charge in [0.2, 0.25) is 0 Å². The monoisotopic (exact) mass is 322 g/mol. The van der Waals surface area contributed by atoms with Crippen molar-refractivity contribution in [3.8, 4) is 0 Å². The highest BCUT2D eigenvalue weighted by atomic mass is 35.5. The summed E-state index contributed by atoms with van der Waals surface area (Å²) in [4.78, 5) is 0. The van der Waals surface area contributed by atoms with Crippen molar-refractivity contribution in [2.45, 2.75) is 32.4 Å². The fourth-order valence-corrected chi connectivity index (χ4v) is 3.33. The number of hydrogen-bond acceptors (Lipinski definition) is 1. The standard InChI is InChI=1S/C17H20Cl2N2/c1-2-20-17(12-6-7-12)13-8-9-21(10-13)11-14-15(18)4-3-5-16(14)19/h3-5,8-10,12,17,20H,2,6-7,11H2,1H3. The van der Waals surface area contributed by atoms with Crippen LogP contribution in [0.2, 0.25) is 10.0 Å². The van der Waals surface area contributed by atoms with E-state index in [1.165, 1.54) is 18.4 Å². The molecule has 1 aliphatic rings. The van der Waals surface area contributed by atoms with Gasteiger partial charge >= 0.3 is 0 Å². The number of aromatic nitrogens is 1. The molecule has 0 bridgehead atoms. The maximum Gasteiger partial charge on any atom is 0.0499 e. The van der Waals surface area contributed by atoms with E-state index in [1.54, 1.807) is 0 Å². The van der Waals surface area contributed by atoms with Crippen LogP contribution in [0.4, 0.5) is 0 Å². The van der Waals surface area contributed by atoms with Gasteiger partial charge in [-0.15, -0.1) is 0 Å². The molecule has 2 nitrogen and oxygen atoms in total. The Kier molecular flexibility index (Phi) is 4.58. The van der Waals surface area contributed by atoms with Crippen LogP contribution in [0.1, 0.15) is 36.9 Å². The molecule has 0 radical (unpaired) electrons. The summed E-state index contributed by atoms with van der Waals surface area (Å²) in [6, 6.07) is 8.34. The van der Waals surface area contributed by atoms with Gasteiger partial charge in [-0.25, -0.2) is 0 Å². The van der Waals surface area contributed by atoms with Gasteiger partial charge in [0.05, 0.1) is 0 Å². The van der Waals surface area contributed by atoms with Gasteiger partial charge in [-0.2, -0.15) is 0 Å². The molecule has 2 aromatic rings. The first kappa shape index (κ1) is 15.0. The maximum atomic E-state index is 6.25. The van der Waals surface area contributed by atoms with Crippen LogP contribution in [0.15, 0.2) is 36.7 Å². The summed E-state index contributed by atoms with van der Waals surface area (Å²) in [6.07, 6.45) is 6.99. The van der Waals surface area contributed by atoms with Gasteiger partial charge in [0.1, 0.15) is 0 Å². The molecular weight excluding hydrogens is 303 g/mol. The molecule has 1 fully saturated rings. The van der Waals surface area contributed by atoms with E-state index in [0.717, 1.165) is 28.1 Å². The quantitative estimate of drug-likeness (QED) is 0.800. The van der Waals surface area contributed by atoms with Crippen LogP contribution in [0, 0.1) is 5.92 Å². The molecule has 1 N–H and O–H groups in total. The Morgan fingerprint density at radius 2 is 1.95 bits per heavy atom. The first-order valence-corrected chi connectivity index (χ1v) is 8.26. The molecule has 21 heavy (non-hydrogen) atoms. The van der Waals surface area contributed by atoms with E-state index in [9.17, 15) is 0 Å². The predicted molar refractivity (Wildman–Crippen MR) is 89.1 cm³/mol. The minimum absolute atomic E-state index is 0.484. The summed E-state index contributed by atoms with van der Waals surface area (Å²) in [5.41, 5.74) is 2.34. The van der Waals surface area contributed by atoms with Crippen LogP contribution in [-0.2, 0) is 6.54 Å². The highest BCUT2D eigenvalue weighted by Crippen LogP contribution is 2.41. The Bertz CT molecular complexity index is 597. The SMILES string of the molecule is CCNC(c1ccn(Cc2c(Cl)cccc2Cl)c1)C1CC1. The smallest absolute Gasteiger partial charge is 0.0499 e. The van der Waals surface area contributed by atoms with E-state index >= 15 is 0 Å². The molecule has 0 spiro atoms. The molecule has 0 saturated heterocycles. The van der Waals surface area contributed by atoms with E-state index in [-0.39, 0.29) is 0 Å². The zero-order chi connectivity index (χ0) is 14.8. The third-order valence-corrected chi connectivity index (χ3v) is 4.76. The number of nitrogens with zero attached hydrogens (tertiary/aromatic N) is 1. The van der Waals surface area contributed by atoms with E-state index in [0.29, 0.717) is 12.6 Å². The lowest BCUT2D eigenvalue weighted by atomic mass is 10.1. The van der Waals surface area contributed by atoms with Crippen LogP contribution in [0.3, 0.4) is 0 Å². The van der Waals surface area contributed by atoms with Crippen molar-refractivity contribution in [1.29, 1.82) is 0 Å². The number of nitrogens with one attached hydrogen (secondary N) is 1. The van der Waals surface area contributed by atoms with Crippen molar-refractivity contribution in [3.05, 3.63) is 57.8 Å². The molecule has 0 amide bonds. The van der Waals surface area contributed by atoms with Crippen LogP contribution in [-0.4, -0.2) is 11.1 Å². The topological polar surface area (TPSA) is 17.0 Å². The normalized spacial score (nSPS) is 16.1. The second-order valence-electron chi connectivity index (χ2n) is 5.69. The van der Waals surface area contributed by atoms with E-state index in [1.807, 2.05) is 18.2 Å². The van der Waals surface area contributed by atoms with Crippen LogP contribution in [0.5, 0.6) is 0 Å². The first-order chi connectivity index (χ1) is 10.2. The summed E-state index contributed by atoms with van der Waals surface area (Å²) in [5, 5.41) is 5.05. The largest absolute Gasteiger partial charge is 0.349 e. The summed E-state index contributed by atoms with van der Waals surface area (Å²) in [5.74, 6) is 0.796. The second kappa shape index (κ2) is 6.43. The Balaban J connectivity index is 1.78. The number of hydrogen-bond donors (Lipinski definition) is 1. The summed E-state index contributed by atoms with van der Waals surface area (Å²) < 4.78 is 2.16. The molecule has 3 rings (SSSR count). The maximum absolute atomic E-state index is 6.25. The molecule has 112 valence electrons. The molecule has 1 aliphatic carbocycles. The van der Waals surface area contributed by atoms with Gasteiger partial charge in [-0.1, -0.05) is 36.2 Å². The lowest BCUT2D eigenvalue weighted by molar-refractivity contribution is 0.495. The molecule has 1 heterocycles. The fourth-order valence-electron chi connectivity index (χ4n) is 2.81. The molecule has 4 heteroatoms. The van der Waals surface area contributed by atoms with Crippen LogP contribution >= 0.6 is 23.2 Å². The second-order valence-corrected chi connectivity index (χ2v) is 6.50. The molecule has 1 unspecified atom stereocenters. The molecule has 1 aromatic heterocycles. The zero-order valence-electron chi connectivity index (χ0n) is 12.2. The molecule has 1 saturated carbocycles. The van der Waals surface area contributed by atoms with Crippen molar-refractivity contribution in [3.63, 3.8) is 0 Å². The Hall–Kier alpha value is -0.960. The summed E-state index contributed by atoms with van der Waals surface area (Å²) >= 11 is 12.5. The Labute approximate surface area is 136 Å². The van der Waals surface area contributed by atoms with Crippen molar-refractivity contribution in [1.82, 2.24) is 9.88 Å². The lowest BCUT2D eigenvalue weighted by Gasteiger charge is -2.15. The number of rotatable bonds is 6. The number of halogens is 2. The molecule has 1 aromatic carbocycles. The van der Waals surface area contributed by atoms with E-state index < -0.39 is 0 Å². The minimum Gasteiger partial charge on any atom is -0.349 e. The van der Waals surface area contributed by atoms with Crippen molar-refractivity contribution >= 4 is 23.2 Å². The lowest BCUT2D eigenvalue weighted by Crippen LogP contribution is -2.22. The van der Waals surface area contributed by atoms with Crippen molar-refractivity contribution in [2.75, 3.05) is 6.54 Å². The van der Waals surface area contributed by atoms with Crippen molar-refractivity contribution < 1.29 is 0 Å². The van der Waals surface area contributed by atoms with Gasteiger partial charge in [0, 0.05) is 40.6 Å². The highest BCUT2D eigenvalue weighted by Gasteiger charge is 2.32. The Morgan fingerprint density at radius 3 is 2.57 bits per heavy atom. The van der Waals surface area contributed by atoms with Gasteiger partial charge in [0.15, 0.2) is 0 Å². The number of benzene rings is 1. The minimum atomic E-state index is 0.484. The molecule has 1 atom stereocenters. The first-order valence-electron chi connectivity index (χ1n) is 7.51. The Morgan fingerprint density at radius 1 is 1.24 bits per heavy atom. The fraction of sp³-hybridized carbons (Fsp3) is 0.412. The molecule has 0 aliphatic heterocycles. The zero-order valence-corrected chi connectivity index (χ0v) is 13.7. The van der Waals surface area contributed by atoms with Gasteiger partial charge in [0.25, 0.3) is 0 Å². The summed E-state index contributed by atoms with van der Waals surface area (Å²) in [6.45, 7) is 3.88. The van der Waals surface area contributed by atoms with E-state index in [2.05, 4.69) is 35.3 Å². The predicted octanol–water partition coefficient (Wildman–Crippen LogP) is 4.90. The summed E-state index contributed by atoms with van der Waals surface area (Å²) in [7, 11) is 0. The van der Waals surface area contributed by atoms with Crippen molar-refractivity contribution in [2.24, 2.45) is 5.92 Å².